The zero-order valence-corrected chi connectivity index (χ0v) is 12.7. The van der Waals surface area contributed by atoms with Crippen molar-refractivity contribution in [1.29, 1.82) is 0 Å². The SMILES string of the molecule is CN(CCc1ccc(Br)cc1)CCC1CCNC1. The standard InChI is InChI=1S/C15H23BrN2/c1-18(11-8-14-6-9-17-12-14)10-7-13-2-4-15(16)5-3-13/h2-5,14,17H,6-12H2,1H3. The highest BCUT2D eigenvalue weighted by atomic mass is 79.9. The first-order valence-electron chi connectivity index (χ1n) is 6.88. The molecule has 1 atom stereocenters. The molecule has 0 aliphatic carbocycles. The Bertz CT molecular complexity index is 344. The number of rotatable bonds is 6. The molecule has 0 aromatic heterocycles. The molecular weight excluding hydrogens is 288 g/mol. The number of likely N-dealkylation sites (N-methyl/N-ethyl adjacent to an activating group) is 1. The summed E-state index contributed by atoms with van der Waals surface area (Å²) in [5.41, 5.74) is 1.42. The molecule has 1 aromatic rings. The first-order chi connectivity index (χ1) is 8.74. The second-order valence-electron chi connectivity index (χ2n) is 5.33. The minimum atomic E-state index is 0.903. The van der Waals surface area contributed by atoms with Crippen molar-refractivity contribution in [2.24, 2.45) is 5.92 Å². The Morgan fingerprint density at radius 3 is 2.72 bits per heavy atom. The summed E-state index contributed by atoms with van der Waals surface area (Å²) in [6, 6.07) is 8.66. The lowest BCUT2D eigenvalue weighted by Crippen LogP contribution is -2.24. The first kappa shape index (κ1) is 14.0. The van der Waals surface area contributed by atoms with Gasteiger partial charge in [0.15, 0.2) is 0 Å². The summed E-state index contributed by atoms with van der Waals surface area (Å²) < 4.78 is 1.16. The fraction of sp³-hybridized carbons (Fsp3) is 0.600. The summed E-state index contributed by atoms with van der Waals surface area (Å²) in [5.74, 6) is 0.903. The van der Waals surface area contributed by atoms with Crippen LogP contribution in [-0.4, -0.2) is 38.1 Å². The van der Waals surface area contributed by atoms with Crippen LogP contribution >= 0.6 is 15.9 Å². The van der Waals surface area contributed by atoms with Gasteiger partial charge >= 0.3 is 0 Å². The maximum atomic E-state index is 3.47. The van der Waals surface area contributed by atoms with Crippen LogP contribution in [0.1, 0.15) is 18.4 Å². The van der Waals surface area contributed by atoms with Crippen LogP contribution in [0, 0.1) is 5.92 Å². The molecular formula is C15H23BrN2. The van der Waals surface area contributed by atoms with Gasteiger partial charge in [0.05, 0.1) is 0 Å². The van der Waals surface area contributed by atoms with Crippen molar-refractivity contribution in [3.63, 3.8) is 0 Å². The Labute approximate surface area is 119 Å². The number of nitrogens with one attached hydrogen (secondary N) is 1. The number of benzene rings is 1. The van der Waals surface area contributed by atoms with Gasteiger partial charge in [-0.25, -0.2) is 0 Å². The molecule has 1 aliphatic heterocycles. The fourth-order valence-electron chi connectivity index (χ4n) is 2.45. The van der Waals surface area contributed by atoms with Gasteiger partial charge in [-0.15, -0.1) is 0 Å². The molecule has 0 saturated carbocycles. The second-order valence-corrected chi connectivity index (χ2v) is 6.24. The molecule has 3 heteroatoms. The minimum absolute atomic E-state index is 0.903. The van der Waals surface area contributed by atoms with Crippen LogP contribution in [0.4, 0.5) is 0 Å². The van der Waals surface area contributed by atoms with E-state index in [1.54, 1.807) is 0 Å². The molecule has 1 saturated heterocycles. The van der Waals surface area contributed by atoms with E-state index in [4.69, 9.17) is 0 Å². The van der Waals surface area contributed by atoms with Gasteiger partial charge in [0.25, 0.3) is 0 Å². The van der Waals surface area contributed by atoms with Gasteiger partial charge in [-0.2, -0.15) is 0 Å². The molecule has 18 heavy (non-hydrogen) atoms. The van der Waals surface area contributed by atoms with Gasteiger partial charge in [-0.1, -0.05) is 28.1 Å². The molecule has 0 amide bonds. The molecule has 1 fully saturated rings. The highest BCUT2D eigenvalue weighted by Gasteiger charge is 2.14. The van der Waals surface area contributed by atoms with E-state index in [0.29, 0.717) is 0 Å². The van der Waals surface area contributed by atoms with Crippen molar-refractivity contribution in [3.8, 4) is 0 Å². The highest BCUT2D eigenvalue weighted by Crippen LogP contribution is 2.13. The molecule has 100 valence electrons. The molecule has 1 N–H and O–H groups in total. The smallest absolute Gasteiger partial charge is 0.0175 e. The maximum absolute atomic E-state index is 3.47. The molecule has 2 rings (SSSR count). The van der Waals surface area contributed by atoms with Crippen molar-refractivity contribution < 1.29 is 0 Å². The van der Waals surface area contributed by atoms with Crippen LogP contribution < -0.4 is 5.32 Å². The zero-order valence-electron chi connectivity index (χ0n) is 11.2. The largest absolute Gasteiger partial charge is 0.316 e. The third-order valence-electron chi connectivity index (χ3n) is 3.78. The van der Waals surface area contributed by atoms with E-state index in [0.717, 1.165) is 23.4 Å². The van der Waals surface area contributed by atoms with Crippen molar-refractivity contribution in [3.05, 3.63) is 34.3 Å². The van der Waals surface area contributed by atoms with Crippen LogP contribution in [0.25, 0.3) is 0 Å². The Balaban J connectivity index is 1.64. The van der Waals surface area contributed by atoms with Gasteiger partial charge in [0.2, 0.25) is 0 Å². The third kappa shape index (κ3) is 4.71. The van der Waals surface area contributed by atoms with E-state index in [-0.39, 0.29) is 0 Å². The fourth-order valence-corrected chi connectivity index (χ4v) is 2.71. The van der Waals surface area contributed by atoms with Gasteiger partial charge in [-0.05, 0) is 69.6 Å². The van der Waals surface area contributed by atoms with E-state index < -0.39 is 0 Å². The number of hydrogen-bond donors (Lipinski definition) is 1. The summed E-state index contributed by atoms with van der Waals surface area (Å²) >= 11 is 3.47. The van der Waals surface area contributed by atoms with Gasteiger partial charge < -0.3 is 10.2 Å². The summed E-state index contributed by atoms with van der Waals surface area (Å²) in [5, 5.41) is 3.44. The van der Waals surface area contributed by atoms with E-state index in [1.807, 2.05) is 0 Å². The topological polar surface area (TPSA) is 15.3 Å². The predicted octanol–water partition coefficient (Wildman–Crippen LogP) is 2.92. The molecule has 0 spiro atoms. The van der Waals surface area contributed by atoms with Crippen LogP contribution in [0.3, 0.4) is 0 Å². The zero-order chi connectivity index (χ0) is 12.8. The summed E-state index contributed by atoms with van der Waals surface area (Å²) in [7, 11) is 2.24. The molecule has 1 aliphatic rings. The van der Waals surface area contributed by atoms with Gasteiger partial charge in [0.1, 0.15) is 0 Å². The Morgan fingerprint density at radius 2 is 2.06 bits per heavy atom. The predicted molar refractivity (Wildman–Crippen MR) is 80.9 cm³/mol. The molecule has 0 bridgehead atoms. The molecule has 1 aromatic carbocycles. The van der Waals surface area contributed by atoms with Crippen LogP contribution in [0.5, 0.6) is 0 Å². The highest BCUT2D eigenvalue weighted by molar-refractivity contribution is 9.10. The van der Waals surface area contributed by atoms with E-state index in [1.165, 1.54) is 38.0 Å². The lowest BCUT2D eigenvalue weighted by Gasteiger charge is -2.18. The van der Waals surface area contributed by atoms with Crippen molar-refractivity contribution in [2.45, 2.75) is 19.3 Å². The lowest BCUT2D eigenvalue weighted by atomic mass is 10.0. The van der Waals surface area contributed by atoms with Crippen LogP contribution in [-0.2, 0) is 6.42 Å². The second kappa shape index (κ2) is 7.27. The number of hydrogen-bond acceptors (Lipinski definition) is 2. The monoisotopic (exact) mass is 310 g/mol. The maximum Gasteiger partial charge on any atom is 0.0175 e. The Kier molecular flexibility index (Phi) is 5.67. The Hall–Kier alpha value is -0.380. The van der Waals surface area contributed by atoms with Gasteiger partial charge in [0, 0.05) is 11.0 Å². The van der Waals surface area contributed by atoms with Crippen molar-refractivity contribution in [1.82, 2.24) is 10.2 Å². The lowest BCUT2D eigenvalue weighted by molar-refractivity contribution is 0.308. The number of nitrogens with zero attached hydrogens (tertiary/aromatic N) is 1. The van der Waals surface area contributed by atoms with Crippen LogP contribution in [0.2, 0.25) is 0 Å². The van der Waals surface area contributed by atoms with Crippen molar-refractivity contribution in [2.75, 3.05) is 33.2 Å². The van der Waals surface area contributed by atoms with Crippen LogP contribution in [0.15, 0.2) is 28.7 Å². The first-order valence-corrected chi connectivity index (χ1v) is 7.67. The van der Waals surface area contributed by atoms with Crippen molar-refractivity contribution >= 4 is 15.9 Å². The van der Waals surface area contributed by atoms with E-state index in [9.17, 15) is 0 Å². The molecule has 1 heterocycles. The Morgan fingerprint density at radius 1 is 1.28 bits per heavy atom. The minimum Gasteiger partial charge on any atom is -0.316 e. The van der Waals surface area contributed by atoms with Gasteiger partial charge in [-0.3, -0.25) is 0 Å². The summed E-state index contributed by atoms with van der Waals surface area (Å²) in [6.45, 7) is 4.82. The third-order valence-corrected chi connectivity index (χ3v) is 4.31. The van der Waals surface area contributed by atoms with E-state index >= 15 is 0 Å². The number of halogens is 1. The van der Waals surface area contributed by atoms with E-state index in [2.05, 4.69) is 57.5 Å². The molecule has 2 nitrogen and oxygen atoms in total. The molecule has 1 unspecified atom stereocenters. The summed E-state index contributed by atoms with van der Waals surface area (Å²) in [4.78, 5) is 2.46. The molecule has 0 radical (unpaired) electrons. The summed E-state index contributed by atoms with van der Waals surface area (Å²) in [6.07, 6.45) is 3.84. The average Bonchev–Trinajstić information content (AvgIpc) is 2.89. The quantitative estimate of drug-likeness (QED) is 0.869. The average molecular weight is 311 g/mol. The normalized spacial score (nSPS) is 19.6.